The van der Waals surface area contributed by atoms with Gasteiger partial charge in [0.05, 0.1) is 11.4 Å². The summed E-state index contributed by atoms with van der Waals surface area (Å²) >= 11 is 0. The SMILES string of the molecule is CC(C)CC(=O)Nc1ccccc1N(C)C. The van der Waals surface area contributed by atoms with Gasteiger partial charge in [0, 0.05) is 20.5 Å². The number of benzene rings is 1. The second-order valence-electron chi connectivity index (χ2n) is 4.56. The lowest BCUT2D eigenvalue weighted by atomic mass is 10.1. The molecule has 0 aromatic heterocycles. The summed E-state index contributed by atoms with van der Waals surface area (Å²) < 4.78 is 0. The molecule has 0 aliphatic carbocycles. The average molecular weight is 220 g/mol. The fourth-order valence-electron chi connectivity index (χ4n) is 1.54. The van der Waals surface area contributed by atoms with Gasteiger partial charge in [0.25, 0.3) is 0 Å². The summed E-state index contributed by atoms with van der Waals surface area (Å²) in [4.78, 5) is 13.7. The fourth-order valence-corrected chi connectivity index (χ4v) is 1.54. The van der Waals surface area contributed by atoms with Gasteiger partial charge < -0.3 is 10.2 Å². The van der Waals surface area contributed by atoms with E-state index < -0.39 is 0 Å². The largest absolute Gasteiger partial charge is 0.376 e. The van der Waals surface area contributed by atoms with Crippen molar-refractivity contribution in [1.82, 2.24) is 0 Å². The number of hydrogen-bond donors (Lipinski definition) is 1. The molecule has 1 amide bonds. The molecule has 1 aromatic rings. The summed E-state index contributed by atoms with van der Waals surface area (Å²) in [5, 5.41) is 2.94. The van der Waals surface area contributed by atoms with Gasteiger partial charge in [0.15, 0.2) is 0 Å². The average Bonchev–Trinajstić information content (AvgIpc) is 2.16. The van der Waals surface area contributed by atoms with Gasteiger partial charge in [0.1, 0.15) is 0 Å². The highest BCUT2D eigenvalue weighted by molar-refractivity contribution is 5.94. The van der Waals surface area contributed by atoms with Crippen molar-refractivity contribution in [3.63, 3.8) is 0 Å². The van der Waals surface area contributed by atoms with Crippen molar-refractivity contribution >= 4 is 17.3 Å². The third-order valence-electron chi connectivity index (χ3n) is 2.25. The number of para-hydroxylation sites is 2. The highest BCUT2D eigenvalue weighted by atomic mass is 16.1. The van der Waals surface area contributed by atoms with Gasteiger partial charge in [-0.3, -0.25) is 4.79 Å². The van der Waals surface area contributed by atoms with Crippen LogP contribution in [0.1, 0.15) is 20.3 Å². The van der Waals surface area contributed by atoms with E-state index in [1.54, 1.807) is 0 Å². The van der Waals surface area contributed by atoms with Crippen molar-refractivity contribution in [2.45, 2.75) is 20.3 Å². The normalized spacial score (nSPS) is 10.3. The molecule has 0 saturated carbocycles. The number of amides is 1. The Morgan fingerprint density at radius 1 is 1.31 bits per heavy atom. The topological polar surface area (TPSA) is 32.3 Å². The molecule has 3 nitrogen and oxygen atoms in total. The molecule has 0 saturated heterocycles. The molecule has 1 N–H and O–H groups in total. The van der Waals surface area contributed by atoms with Crippen LogP contribution in [-0.2, 0) is 4.79 Å². The van der Waals surface area contributed by atoms with Crippen molar-refractivity contribution in [2.24, 2.45) is 5.92 Å². The van der Waals surface area contributed by atoms with Gasteiger partial charge in [-0.1, -0.05) is 26.0 Å². The zero-order valence-electron chi connectivity index (χ0n) is 10.4. The maximum absolute atomic E-state index is 11.7. The Balaban J connectivity index is 2.77. The molecule has 0 atom stereocenters. The first-order chi connectivity index (χ1) is 7.50. The van der Waals surface area contributed by atoms with Crippen LogP contribution in [0.4, 0.5) is 11.4 Å². The highest BCUT2D eigenvalue weighted by Gasteiger charge is 2.08. The molecule has 0 aliphatic heterocycles. The molecule has 0 fully saturated rings. The van der Waals surface area contributed by atoms with Crippen molar-refractivity contribution in [1.29, 1.82) is 0 Å². The van der Waals surface area contributed by atoms with Crippen LogP contribution in [0.5, 0.6) is 0 Å². The Labute approximate surface area is 97.5 Å². The maximum atomic E-state index is 11.7. The van der Waals surface area contributed by atoms with Crippen LogP contribution < -0.4 is 10.2 Å². The number of rotatable bonds is 4. The van der Waals surface area contributed by atoms with E-state index in [1.165, 1.54) is 0 Å². The van der Waals surface area contributed by atoms with Crippen LogP contribution in [0.15, 0.2) is 24.3 Å². The molecular weight excluding hydrogens is 200 g/mol. The molecule has 0 aliphatic rings. The number of anilines is 2. The van der Waals surface area contributed by atoms with E-state index in [0.29, 0.717) is 12.3 Å². The van der Waals surface area contributed by atoms with E-state index in [2.05, 4.69) is 5.32 Å². The molecule has 0 spiro atoms. The molecule has 3 heteroatoms. The third kappa shape index (κ3) is 3.57. The first-order valence-electron chi connectivity index (χ1n) is 5.57. The predicted octanol–water partition coefficient (Wildman–Crippen LogP) is 2.74. The highest BCUT2D eigenvalue weighted by Crippen LogP contribution is 2.23. The van der Waals surface area contributed by atoms with Gasteiger partial charge >= 0.3 is 0 Å². The summed E-state index contributed by atoms with van der Waals surface area (Å²) in [7, 11) is 3.93. The molecule has 0 heterocycles. The second kappa shape index (κ2) is 5.54. The Hall–Kier alpha value is -1.51. The Morgan fingerprint density at radius 3 is 2.50 bits per heavy atom. The van der Waals surface area contributed by atoms with Crippen LogP contribution >= 0.6 is 0 Å². The van der Waals surface area contributed by atoms with E-state index in [0.717, 1.165) is 11.4 Å². The molecule has 88 valence electrons. The smallest absolute Gasteiger partial charge is 0.224 e. The maximum Gasteiger partial charge on any atom is 0.224 e. The van der Waals surface area contributed by atoms with Crippen LogP contribution in [0, 0.1) is 5.92 Å². The molecule has 1 aromatic carbocycles. The molecule has 16 heavy (non-hydrogen) atoms. The quantitative estimate of drug-likeness (QED) is 0.846. The third-order valence-corrected chi connectivity index (χ3v) is 2.25. The Bertz CT molecular complexity index is 359. The van der Waals surface area contributed by atoms with Crippen molar-refractivity contribution in [2.75, 3.05) is 24.3 Å². The van der Waals surface area contributed by atoms with Crippen molar-refractivity contribution < 1.29 is 4.79 Å². The summed E-state index contributed by atoms with van der Waals surface area (Å²) in [6.07, 6.45) is 0.557. The Morgan fingerprint density at radius 2 is 1.94 bits per heavy atom. The number of carbonyl (C=O) groups is 1. The van der Waals surface area contributed by atoms with Gasteiger partial charge in [-0.15, -0.1) is 0 Å². The van der Waals surface area contributed by atoms with Gasteiger partial charge in [-0.25, -0.2) is 0 Å². The monoisotopic (exact) mass is 220 g/mol. The van der Waals surface area contributed by atoms with Gasteiger partial charge in [-0.05, 0) is 18.1 Å². The van der Waals surface area contributed by atoms with Crippen LogP contribution in [0.2, 0.25) is 0 Å². The molecule has 0 unspecified atom stereocenters. The molecule has 1 rings (SSSR count). The number of hydrogen-bond acceptors (Lipinski definition) is 2. The standard InChI is InChI=1S/C13H20N2O/c1-10(2)9-13(16)14-11-7-5-6-8-12(11)15(3)4/h5-8,10H,9H2,1-4H3,(H,14,16). The van der Waals surface area contributed by atoms with E-state index in [9.17, 15) is 4.79 Å². The lowest BCUT2D eigenvalue weighted by Crippen LogP contribution is -2.17. The zero-order chi connectivity index (χ0) is 12.1. The first-order valence-corrected chi connectivity index (χ1v) is 5.57. The lowest BCUT2D eigenvalue weighted by molar-refractivity contribution is -0.116. The zero-order valence-corrected chi connectivity index (χ0v) is 10.4. The van der Waals surface area contributed by atoms with Crippen LogP contribution in [0.3, 0.4) is 0 Å². The number of nitrogens with one attached hydrogen (secondary N) is 1. The van der Waals surface area contributed by atoms with Gasteiger partial charge in [-0.2, -0.15) is 0 Å². The Kier molecular flexibility index (Phi) is 4.35. The minimum atomic E-state index is 0.0734. The van der Waals surface area contributed by atoms with Crippen molar-refractivity contribution in [3.05, 3.63) is 24.3 Å². The van der Waals surface area contributed by atoms with Crippen molar-refractivity contribution in [3.8, 4) is 0 Å². The molecule has 0 radical (unpaired) electrons. The molecule has 0 bridgehead atoms. The minimum absolute atomic E-state index is 0.0734. The second-order valence-corrected chi connectivity index (χ2v) is 4.56. The van der Waals surface area contributed by atoms with E-state index >= 15 is 0 Å². The van der Waals surface area contributed by atoms with E-state index in [1.807, 2.05) is 57.1 Å². The number of nitrogens with zero attached hydrogens (tertiary/aromatic N) is 1. The van der Waals surface area contributed by atoms with Crippen LogP contribution in [-0.4, -0.2) is 20.0 Å². The summed E-state index contributed by atoms with van der Waals surface area (Å²) in [6.45, 7) is 4.08. The number of carbonyl (C=O) groups excluding carboxylic acids is 1. The fraction of sp³-hybridized carbons (Fsp3) is 0.462. The van der Waals surface area contributed by atoms with Gasteiger partial charge in [0.2, 0.25) is 5.91 Å². The first kappa shape index (κ1) is 12.6. The van der Waals surface area contributed by atoms with E-state index in [4.69, 9.17) is 0 Å². The lowest BCUT2D eigenvalue weighted by Gasteiger charge is -2.18. The summed E-state index contributed by atoms with van der Waals surface area (Å²) in [6, 6.07) is 7.81. The van der Waals surface area contributed by atoms with E-state index in [-0.39, 0.29) is 5.91 Å². The molecular formula is C13H20N2O. The minimum Gasteiger partial charge on any atom is -0.376 e. The van der Waals surface area contributed by atoms with Crippen LogP contribution in [0.25, 0.3) is 0 Å². The summed E-state index contributed by atoms with van der Waals surface area (Å²) in [5.41, 5.74) is 1.90. The summed E-state index contributed by atoms with van der Waals surface area (Å²) in [5.74, 6) is 0.454. The predicted molar refractivity (Wildman–Crippen MR) is 68.9 cm³/mol.